The summed E-state index contributed by atoms with van der Waals surface area (Å²) >= 11 is 0. The van der Waals surface area contributed by atoms with Crippen LogP contribution in [-0.2, 0) is 16.1 Å². The molecule has 29 heavy (non-hydrogen) atoms. The number of aliphatic hydroxyl groups excluding tert-OH is 1. The molecule has 3 N–H and O–H groups in total. The summed E-state index contributed by atoms with van der Waals surface area (Å²) in [6.07, 6.45) is 5.01. The van der Waals surface area contributed by atoms with E-state index in [1.807, 2.05) is 18.2 Å². The number of carboxylic acid groups (broad SMARTS) is 1. The van der Waals surface area contributed by atoms with Crippen LogP contribution in [0, 0.1) is 5.41 Å². The van der Waals surface area contributed by atoms with Crippen molar-refractivity contribution in [3.05, 3.63) is 23.8 Å². The van der Waals surface area contributed by atoms with Gasteiger partial charge in [0.25, 0.3) is 6.47 Å². The zero-order valence-corrected chi connectivity index (χ0v) is 17.2. The average Bonchev–Trinajstić information content (AvgIpc) is 3.06. The number of carbonyl (C=O) groups excluding carboxylic acids is 1. The van der Waals surface area contributed by atoms with Crippen LogP contribution >= 0.6 is 0 Å². The molecule has 1 aliphatic heterocycles. The van der Waals surface area contributed by atoms with E-state index in [9.17, 15) is 9.90 Å². The van der Waals surface area contributed by atoms with Gasteiger partial charge in [0.15, 0.2) is 11.5 Å². The first kappa shape index (κ1) is 23.0. The number of amides is 1. The number of hydrogen-bond acceptors (Lipinski definition) is 6. The van der Waals surface area contributed by atoms with Crippen molar-refractivity contribution in [2.45, 2.75) is 44.8 Å². The van der Waals surface area contributed by atoms with Gasteiger partial charge >= 0.3 is 0 Å². The fourth-order valence-corrected chi connectivity index (χ4v) is 4.44. The Bertz CT molecular complexity index is 683. The fraction of sp³-hybridized carbons (Fsp3) is 0.619. The van der Waals surface area contributed by atoms with Crippen molar-refractivity contribution < 1.29 is 29.3 Å². The Kier molecular flexibility index (Phi) is 8.72. The summed E-state index contributed by atoms with van der Waals surface area (Å²) in [6.45, 7) is 2.36. The van der Waals surface area contributed by atoms with Gasteiger partial charge in [-0.3, -0.25) is 14.5 Å². The Morgan fingerprint density at radius 3 is 2.59 bits per heavy atom. The Labute approximate surface area is 171 Å². The second-order valence-electron chi connectivity index (χ2n) is 7.66. The molecule has 2 aliphatic rings. The lowest BCUT2D eigenvalue weighted by Gasteiger charge is -2.42. The molecule has 0 aromatic heterocycles. The summed E-state index contributed by atoms with van der Waals surface area (Å²) in [5.41, 5.74) is 0.986. The molecule has 8 heteroatoms. The second-order valence-corrected chi connectivity index (χ2v) is 7.66. The van der Waals surface area contributed by atoms with E-state index in [-0.39, 0.29) is 23.9 Å². The van der Waals surface area contributed by atoms with Crippen LogP contribution in [0.3, 0.4) is 0 Å². The smallest absolute Gasteiger partial charge is 0.290 e. The van der Waals surface area contributed by atoms with Gasteiger partial charge in [-0.25, -0.2) is 0 Å². The highest BCUT2D eigenvalue weighted by Crippen LogP contribution is 2.44. The molecule has 1 aromatic rings. The van der Waals surface area contributed by atoms with Crippen LogP contribution in [0.4, 0.5) is 0 Å². The minimum Gasteiger partial charge on any atom is -0.493 e. The second kappa shape index (κ2) is 11.0. The number of nitrogens with one attached hydrogen (secondary N) is 1. The maximum Gasteiger partial charge on any atom is 0.290 e. The van der Waals surface area contributed by atoms with E-state index in [0.29, 0.717) is 24.6 Å². The summed E-state index contributed by atoms with van der Waals surface area (Å²) in [5, 5.41) is 20.2. The molecule has 1 aliphatic carbocycles. The highest BCUT2D eigenvalue weighted by Gasteiger charge is 2.44. The Hall–Kier alpha value is -2.32. The van der Waals surface area contributed by atoms with E-state index in [1.54, 1.807) is 14.2 Å². The number of rotatable bonds is 6. The van der Waals surface area contributed by atoms with Gasteiger partial charge in [-0.2, -0.15) is 0 Å². The largest absolute Gasteiger partial charge is 0.493 e. The van der Waals surface area contributed by atoms with Crippen molar-refractivity contribution in [2.75, 3.05) is 33.9 Å². The predicted molar refractivity (Wildman–Crippen MR) is 108 cm³/mol. The van der Waals surface area contributed by atoms with Crippen LogP contribution in [0.2, 0.25) is 0 Å². The number of likely N-dealkylation sites (tertiary alicyclic amines) is 1. The highest BCUT2D eigenvalue weighted by atomic mass is 16.5. The minimum absolute atomic E-state index is 0.0158. The number of aliphatic hydroxyl groups is 1. The lowest BCUT2D eigenvalue weighted by atomic mass is 9.77. The van der Waals surface area contributed by atoms with Crippen molar-refractivity contribution >= 4 is 12.4 Å². The number of hydrogen-bond donors (Lipinski definition) is 3. The third-order valence-corrected chi connectivity index (χ3v) is 5.85. The first-order valence-corrected chi connectivity index (χ1v) is 9.94. The van der Waals surface area contributed by atoms with Gasteiger partial charge in [0.05, 0.1) is 26.9 Å². The molecule has 1 aromatic carbocycles. The highest BCUT2D eigenvalue weighted by molar-refractivity contribution is 5.78. The average molecular weight is 408 g/mol. The van der Waals surface area contributed by atoms with Crippen molar-refractivity contribution in [2.24, 2.45) is 5.41 Å². The van der Waals surface area contributed by atoms with E-state index in [2.05, 4.69) is 10.2 Å². The SMILES string of the molecule is COc1ccc(CNC(=O)CN2CCC[C@@]3(CCC[C@H]3O)C2)cc1OC.O=CO. The molecule has 0 bridgehead atoms. The van der Waals surface area contributed by atoms with Crippen molar-refractivity contribution in [3.63, 3.8) is 0 Å². The standard InChI is InChI=1S/C20H30N2O4.CH2O2/c1-25-16-7-6-15(11-17(16)26-2)12-21-19(24)13-22-10-4-9-20(14-22)8-3-5-18(20)23;2-1-3/h6-7,11,18,23H,3-5,8-10,12-14H2,1-2H3,(H,21,24);1H,(H,2,3)/t18-,20+;/m1./s1. The van der Waals surface area contributed by atoms with E-state index in [0.717, 1.165) is 50.8 Å². The van der Waals surface area contributed by atoms with Crippen LogP contribution in [0.1, 0.15) is 37.7 Å². The van der Waals surface area contributed by atoms with Crippen LogP contribution in [-0.4, -0.2) is 67.5 Å². The summed E-state index contributed by atoms with van der Waals surface area (Å²) < 4.78 is 10.5. The minimum atomic E-state index is -0.250. The summed E-state index contributed by atoms with van der Waals surface area (Å²) in [6, 6.07) is 5.65. The van der Waals surface area contributed by atoms with Gasteiger partial charge in [0.2, 0.25) is 5.91 Å². The predicted octanol–water partition coefficient (Wildman–Crippen LogP) is 1.65. The van der Waals surface area contributed by atoms with E-state index >= 15 is 0 Å². The van der Waals surface area contributed by atoms with Gasteiger partial charge < -0.3 is 25.0 Å². The topological polar surface area (TPSA) is 108 Å². The molecule has 0 unspecified atom stereocenters. The number of carbonyl (C=O) groups is 2. The molecule has 162 valence electrons. The van der Waals surface area contributed by atoms with Crippen LogP contribution in [0.25, 0.3) is 0 Å². The zero-order chi connectivity index (χ0) is 21.3. The third kappa shape index (κ3) is 6.08. The number of ether oxygens (including phenoxy) is 2. The molecule has 1 saturated carbocycles. The Morgan fingerprint density at radius 2 is 1.97 bits per heavy atom. The van der Waals surface area contributed by atoms with Gasteiger partial charge in [-0.1, -0.05) is 12.5 Å². The molecule has 1 saturated heterocycles. The number of piperidine rings is 1. The van der Waals surface area contributed by atoms with Crippen LogP contribution in [0.5, 0.6) is 11.5 Å². The Morgan fingerprint density at radius 1 is 1.28 bits per heavy atom. The summed E-state index contributed by atoms with van der Waals surface area (Å²) in [4.78, 5) is 22.9. The summed E-state index contributed by atoms with van der Waals surface area (Å²) in [5.74, 6) is 1.35. The molecule has 1 spiro atoms. The van der Waals surface area contributed by atoms with E-state index in [1.165, 1.54) is 0 Å². The van der Waals surface area contributed by atoms with Gasteiger partial charge in [-0.15, -0.1) is 0 Å². The Balaban J connectivity index is 0.000000941. The molecule has 2 atom stereocenters. The van der Waals surface area contributed by atoms with E-state index < -0.39 is 0 Å². The molecule has 0 radical (unpaired) electrons. The molecular weight excluding hydrogens is 376 g/mol. The molecule has 2 fully saturated rings. The van der Waals surface area contributed by atoms with Crippen molar-refractivity contribution in [3.8, 4) is 11.5 Å². The van der Waals surface area contributed by atoms with Gasteiger partial charge in [0.1, 0.15) is 0 Å². The molecule has 8 nitrogen and oxygen atoms in total. The first-order valence-electron chi connectivity index (χ1n) is 9.94. The zero-order valence-electron chi connectivity index (χ0n) is 17.2. The van der Waals surface area contributed by atoms with Crippen LogP contribution < -0.4 is 14.8 Å². The fourth-order valence-electron chi connectivity index (χ4n) is 4.44. The number of methoxy groups -OCH3 is 2. The molecule has 1 heterocycles. The maximum absolute atomic E-state index is 12.4. The lowest BCUT2D eigenvalue weighted by molar-refractivity contribution is -0.124. The quantitative estimate of drug-likeness (QED) is 0.614. The van der Waals surface area contributed by atoms with E-state index in [4.69, 9.17) is 19.4 Å². The third-order valence-electron chi connectivity index (χ3n) is 5.85. The van der Waals surface area contributed by atoms with Gasteiger partial charge in [-0.05, 0) is 49.9 Å². The maximum atomic E-state index is 12.4. The molecular formula is C21H32N2O6. The number of nitrogens with zero attached hydrogens (tertiary/aromatic N) is 1. The number of benzene rings is 1. The summed E-state index contributed by atoms with van der Waals surface area (Å²) in [7, 11) is 3.20. The normalized spacial score (nSPS) is 23.8. The van der Waals surface area contributed by atoms with Crippen molar-refractivity contribution in [1.29, 1.82) is 0 Å². The monoisotopic (exact) mass is 408 g/mol. The lowest BCUT2D eigenvalue weighted by Crippen LogP contribution is -2.49. The van der Waals surface area contributed by atoms with Crippen molar-refractivity contribution in [1.82, 2.24) is 10.2 Å². The molecule has 3 rings (SSSR count). The van der Waals surface area contributed by atoms with Gasteiger partial charge in [0, 0.05) is 18.5 Å². The molecule has 1 amide bonds. The van der Waals surface area contributed by atoms with Crippen LogP contribution in [0.15, 0.2) is 18.2 Å². The first-order chi connectivity index (χ1) is 14.0.